The zero-order valence-corrected chi connectivity index (χ0v) is 13.2. The highest BCUT2D eigenvalue weighted by Crippen LogP contribution is 2.23. The molecule has 0 unspecified atom stereocenters. The molecule has 0 radical (unpaired) electrons. The minimum absolute atomic E-state index is 0.0862. The van der Waals surface area contributed by atoms with Crippen molar-refractivity contribution in [1.82, 2.24) is 0 Å². The molecule has 0 saturated carbocycles. The van der Waals surface area contributed by atoms with E-state index in [9.17, 15) is 13.5 Å². The number of aryl methyl sites for hydroxylation is 1. The average Bonchev–Trinajstić information content (AvgIpc) is 2.42. The van der Waals surface area contributed by atoms with Crippen molar-refractivity contribution in [2.45, 2.75) is 18.4 Å². The van der Waals surface area contributed by atoms with Crippen molar-refractivity contribution in [3.63, 3.8) is 0 Å². The monoisotopic (exact) mass is 355 g/mol. The van der Waals surface area contributed by atoms with E-state index >= 15 is 0 Å². The summed E-state index contributed by atoms with van der Waals surface area (Å²) in [6.07, 6.45) is 0. The molecule has 0 atom stereocenters. The van der Waals surface area contributed by atoms with Crippen molar-refractivity contribution in [2.24, 2.45) is 0 Å². The molecule has 0 spiro atoms. The van der Waals surface area contributed by atoms with Crippen LogP contribution in [-0.2, 0) is 16.6 Å². The van der Waals surface area contributed by atoms with E-state index in [0.717, 1.165) is 10.0 Å². The average molecular weight is 356 g/mol. The van der Waals surface area contributed by atoms with Gasteiger partial charge in [-0.3, -0.25) is 4.72 Å². The number of benzene rings is 2. The third-order valence-corrected chi connectivity index (χ3v) is 5.21. The van der Waals surface area contributed by atoms with Gasteiger partial charge in [-0.15, -0.1) is 0 Å². The summed E-state index contributed by atoms with van der Waals surface area (Å²) >= 11 is 3.37. The van der Waals surface area contributed by atoms with E-state index in [1.54, 1.807) is 36.4 Å². The van der Waals surface area contributed by atoms with Crippen molar-refractivity contribution < 1.29 is 13.5 Å². The lowest BCUT2D eigenvalue weighted by Gasteiger charge is -2.12. The Hall–Kier alpha value is -1.37. The van der Waals surface area contributed by atoms with Gasteiger partial charge in [0.15, 0.2) is 0 Å². The molecule has 0 bridgehead atoms. The molecule has 4 nitrogen and oxygen atoms in total. The smallest absolute Gasteiger partial charge is 0.262 e. The largest absolute Gasteiger partial charge is 0.392 e. The summed E-state index contributed by atoms with van der Waals surface area (Å²) in [4.78, 5) is 0.0862. The molecule has 20 heavy (non-hydrogen) atoms. The van der Waals surface area contributed by atoms with Gasteiger partial charge in [0.1, 0.15) is 0 Å². The second-order valence-electron chi connectivity index (χ2n) is 4.34. The lowest BCUT2D eigenvalue weighted by molar-refractivity contribution is 0.278. The number of sulfonamides is 1. The number of hydrogen-bond acceptors (Lipinski definition) is 3. The highest BCUT2D eigenvalue weighted by atomic mass is 79.9. The molecular weight excluding hydrogens is 342 g/mol. The van der Waals surface area contributed by atoms with Gasteiger partial charge in [-0.25, -0.2) is 8.42 Å². The first kappa shape index (κ1) is 15.0. The Bertz CT molecular complexity index is 729. The second-order valence-corrected chi connectivity index (χ2v) is 6.84. The zero-order valence-electron chi connectivity index (χ0n) is 10.8. The Morgan fingerprint density at radius 3 is 2.55 bits per heavy atom. The highest BCUT2D eigenvalue weighted by molar-refractivity contribution is 9.10. The third kappa shape index (κ3) is 3.20. The Balaban J connectivity index is 2.38. The summed E-state index contributed by atoms with van der Waals surface area (Å²) in [6.45, 7) is 1.56. The number of aliphatic hydroxyl groups is 1. The maximum Gasteiger partial charge on any atom is 0.262 e. The van der Waals surface area contributed by atoms with Gasteiger partial charge in [0.05, 0.1) is 11.5 Å². The normalized spacial score (nSPS) is 11.3. The Labute approximate surface area is 126 Å². The van der Waals surface area contributed by atoms with Gasteiger partial charge in [-0.2, -0.15) is 0 Å². The molecular formula is C14H14BrNO3S. The van der Waals surface area contributed by atoms with Crippen LogP contribution in [0.3, 0.4) is 0 Å². The quantitative estimate of drug-likeness (QED) is 0.885. The van der Waals surface area contributed by atoms with E-state index in [4.69, 9.17) is 0 Å². The van der Waals surface area contributed by atoms with Crippen LogP contribution < -0.4 is 4.72 Å². The van der Waals surface area contributed by atoms with Crippen molar-refractivity contribution in [3.8, 4) is 0 Å². The first-order valence-corrected chi connectivity index (χ1v) is 8.19. The standard InChI is InChI=1S/C14H14BrNO3S/c1-10-8-12(6-7-13(10)15)16-20(18,19)14-5-3-2-4-11(14)9-17/h2-8,16-17H,9H2,1H3. The summed E-state index contributed by atoms with van der Waals surface area (Å²) in [5.41, 5.74) is 1.79. The van der Waals surface area contributed by atoms with E-state index in [1.165, 1.54) is 6.07 Å². The molecule has 2 N–H and O–H groups in total. The molecule has 0 saturated heterocycles. The SMILES string of the molecule is Cc1cc(NS(=O)(=O)c2ccccc2CO)ccc1Br. The molecule has 6 heteroatoms. The number of anilines is 1. The predicted octanol–water partition coefficient (Wildman–Crippen LogP) is 3.05. The van der Waals surface area contributed by atoms with E-state index in [2.05, 4.69) is 20.7 Å². The lowest BCUT2D eigenvalue weighted by atomic mass is 10.2. The molecule has 0 aliphatic heterocycles. The maximum atomic E-state index is 12.3. The van der Waals surface area contributed by atoms with Crippen molar-refractivity contribution in [3.05, 3.63) is 58.1 Å². The topological polar surface area (TPSA) is 66.4 Å². The molecule has 106 valence electrons. The van der Waals surface area contributed by atoms with E-state index in [0.29, 0.717) is 11.3 Å². The van der Waals surface area contributed by atoms with Crippen LogP contribution >= 0.6 is 15.9 Å². The summed E-state index contributed by atoms with van der Waals surface area (Å²) in [6, 6.07) is 11.6. The zero-order chi connectivity index (χ0) is 14.8. The van der Waals surface area contributed by atoms with Gasteiger partial charge < -0.3 is 5.11 Å². The van der Waals surface area contributed by atoms with Crippen LogP contribution in [-0.4, -0.2) is 13.5 Å². The van der Waals surface area contributed by atoms with Crippen molar-refractivity contribution in [1.29, 1.82) is 0 Å². The predicted molar refractivity (Wildman–Crippen MR) is 82.1 cm³/mol. The van der Waals surface area contributed by atoms with Gasteiger partial charge >= 0.3 is 0 Å². The molecule has 0 aromatic heterocycles. The number of rotatable bonds is 4. The summed E-state index contributed by atoms with van der Waals surface area (Å²) in [7, 11) is -3.71. The van der Waals surface area contributed by atoms with Crippen LogP contribution in [0.15, 0.2) is 51.8 Å². The van der Waals surface area contributed by atoms with Crippen LogP contribution in [0, 0.1) is 6.92 Å². The lowest BCUT2D eigenvalue weighted by Crippen LogP contribution is -2.15. The van der Waals surface area contributed by atoms with Crippen LogP contribution in [0.4, 0.5) is 5.69 Å². The van der Waals surface area contributed by atoms with Crippen LogP contribution in [0.25, 0.3) is 0 Å². The molecule has 0 heterocycles. The third-order valence-electron chi connectivity index (χ3n) is 2.84. The van der Waals surface area contributed by atoms with Gasteiger partial charge in [0, 0.05) is 10.2 Å². The van der Waals surface area contributed by atoms with E-state index in [1.807, 2.05) is 6.92 Å². The molecule has 0 fully saturated rings. The maximum absolute atomic E-state index is 12.3. The van der Waals surface area contributed by atoms with Gasteiger partial charge in [-0.05, 0) is 42.3 Å². The summed E-state index contributed by atoms with van der Waals surface area (Å²) < 4.78 is 28.1. The first-order valence-electron chi connectivity index (χ1n) is 5.92. The number of halogens is 1. The Morgan fingerprint density at radius 1 is 1.20 bits per heavy atom. The minimum Gasteiger partial charge on any atom is -0.392 e. The number of nitrogens with one attached hydrogen (secondary N) is 1. The van der Waals surface area contributed by atoms with Crippen LogP contribution in [0.5, 0.6) is 0 Å². The minimum atomic E-state index is -3.71. The van der Waals surface area contributed by atoms with Crippen LogP contribution in [0.2, 0.25) is 0 Å². The highest BCUT2D eigenvalue weighted by Gasteiger charge is 2.17. The number of aliphatic hydroxyl groups excluding tert-OH is 1. The first-order chi connectivity index (χ1) is 9.44. The Morgan fingerprint density at radius 2 is 1.90 bits per heavy atom. The van der Waals surface area contributed by atoms with E-state index in [-0.39, 0.29) is 11.5 Å². The van der Waals surface area contributed by atoms with Crippen molar-refractivity contribution in [2.75, 3.05) is 4.72 Å². The summed E-state index contributed by atoms with van der Waals surface area (Å²) in [5.74, 6) is 0. The fourth-order valence-electron chi connectivity index (χ4n) is 1.81. The summed E-state index contributed by atoms with van der Waals surface area (Å²) in [5, 5.41) is 9.23. The fourth-order valence-corrected chi connectivity index (χ4v) is 3.34. The van der Waals surface area contributed by atoms with Crippen LogP contribution in [0.1, 0.15) is 11.1 Å². The number of hydrogen-bond donors (Lipinski definition) is 2. The molecule has 0 amide bonds. The second kappa shape index (κ2) is 5.95. The molecule has 2 aromatic rings. The molecule has 2 rings (SSSR count). The molecule has 0 aliphatic carbocycles. The van der Waals surface area contributed by atoms with Crippen molar-refractivity contribution >= 4 is 31.6 Å². The molecule has 0 aliphatic rings. The van der Waals surface area contributed by atoms with Gasteiger partial charge in [-0.1, -0.05) is 34.1 Å². The Kier molecular flexibility index (Phi) is 4.47. The fraction of sp³-hybridized carbons (Fsp3) is 0.143. The van der Waals surface area contributed by atoms with E-state index < -0.39 is 10.0 Å². The van der Waals surface area contributed by atoms with Gasteiger partial charge in [0.25, 0.3) is 10.0 Å². The van der Waals surface area contributed by atoms with Gasteiger partial charge in [0.2, 0.25) is 0 Å². The molecule has 2 aromatic carbocycles.